The number of ether oxygens (including phenoxy) is 1. The van der Waals surface area contributed by atoms with E-state index in [0.29, 0.717) is 5.92 Å². The fraction of sp³-hybridized carbons (Fsp3) is 0.625. The molecule has 2 aliphatic rings. The molecule has 2 heteroatoms. The smallest absolute Gasteiger partial charge is 0.0827 e. The van der Waals surface area contributed by atoms with Crippen LogP contribution in [-0.4, -0.2) is 17.8 Å². The van der Waals surface area contributed by atoms with Crippen molar-refractivity contribution in [2.24, 2.45) is 5.92 Å². The van der Waals surface area contributed by atoms with Crippen molar-refractivity contribution in [2.45, 2.75) is 50.7 Å². The molecule has 18 heavy (non-hydrogen) atoms. The predicted octanol–water partition coefficient (Wildman–Crippen LogP) is 3.24. The molecule has 2 atom stereocenters. The third kappa shape index (κ3) is 2.76. The third-order valence-corrected chi connectivity index (χ3v) is 4.22. The van der Waals surface area contributed by atoms with Crippen LogP contribution in [-0.2, 0) is 11.2 Å². The average molecular weight is 246 g/mol. The van der Waals surface area contributed by atoms with Crippen molar-refractivity contribution in [3.8, 4) is 0 Å². The van der Waals surface area contributed by atoms with Gasteiger partial charge in [-0.1, -0.05) is 24.3 Å². The van der Waals surface area contributed by atoms with Crippen molar-refractivity contribution in [1.29, 1.82) is 0 Å². The normalized spacial score (nSPS) is 24.6. The lowest BCUT2D eigenvalue weighted by atomic mass is 9.94. The number of fused-ring (bicyclic) bond motifs is 1. The van der Waals surface area contributed by atoms with E-state index < -0.39 is 0 Å². The quantitative estimate of drug-likeness (QED) is 0.864. The third-order valence-electron chi connectivity index (χ3n) is 4.22. The van der Waals surface area contributed by atoms with Crippen molar-refractivity contribution in [3.05, 3.63) is 35.4 Å². The number of aliphatic hydroxyl groups excluding tert-OH is 1. The first-order valence-corrected chi connectivity index (χ1v) is 7.22. The molecule has 1 saturated carbocycles. The van der Waals surface area contributed by atoms with Gasteiger partial charge in [-0.15, -0.1) is 0 Å². The second kappa shape index (κ2) is 5.41. The van der Waals surface area contributed by atoms with E-state index in [1.165, 1.54) is 24.0 Å². The summed E-state index contributed by atoms with van der Waals surface area (Å²) < 4.78 is 5.88. The molecule has 0 amide bonds. The van der Waals surface area contributed by atoms with Gasteiger partial charge < -0.3 is 9.84 Å². The summed E-state index contributed by atoms with van der Waals surface area (Å²) >= 11 is 0. The average Bonchev–Trinajstić information content (AvgIpc) is 3.23. The Morgan fingerprint density at radius 2 is 2.11 bits per heavy atom. The van der Waals surface area contributed by atoms with Gasteiger partial charge in [-0.3, -0.25) is 0 Å². The molecule has 2 unspecified atom stereocenters. The summed E-state index contributed by atoms with van der Waals surface area (Å²) in [6.07, 6.45) is 6.72. The van der Waals surface area contributed by atoms with E-state index in [4.69, 9.17) is 4.74 Å². The van der Waals surface area contributed by atoms with E-state index in [1.807, 2.05) is 0 Å². The highest BCUT2D eigenvalue weighted by Gasteiger charge is 2.29. The summed E-state index contributed by atoms with van der Waals surface area (Å²) in [6.45, 7) is 0.840. The Kier molecular flexibility index (Phi) is 3.67. The molecule has 98 valence electrons. The van der Waals surface area contributed by atoms with Crippen LogP contribution < -0.4 is 0 Å². The maximum atomic E-state index is 9.87. The minimum atomic E-state index is -0.0659. The molecule has 2 nitrogen and oxygen atoms in total. The van der Waals surface area contributed by atoms with Gasteiger partial charge in [-0.25, -0.2) is 0 Å². The molecule has 1 heterocycles. The molecule has 0 spiro atoms. The van der Waals surface area contributed by atoms with Crippen LogP contribution in [0, 0.1) is 5.92 Å². The molecule has 1 aliphatic heterocycles. The van der Waals surface area contributed by atoms with Crippen LogP contribution in [0.15, 0.2) is 24.3 Å². The van der Waals surface area contributed by atoms with Gasteiger partial charge in [0.25, 0.3) is 0 Å². The van der Waals surface area contributed by atoms with Crippen molar-refractivity contribution in [1.82, 2.24) is 0 Å². The van der Waals surface area contributed by atoms with Gasteiger partial charge in [0.15, 0.2) is 0 Å². The van der Waals surface area contributed by atoms with Crippen molar-refractivity contribution in [2.75, 3.05) is 6.61 Å². The number of rotatable bonds is 5. The molecule has 0 saturated heterocycles. The second-order valence-corrected chi connectivity index (χ2v) is 5.64. The molecule has 0 bridgehead atoms. The van der Waals surface area contributed by atoms with E-state index in [-0.39, 0.29) is 12.2 Å². The summed E-state index contributed by atoms with van der Waals surface area (Å²) in [5, 5.41) is 9.87. The Hall–Kier alpha value is -0.860. The van der Waals surface area contributed by atoms with Gasteiger partial charge >= 0.3 is 0 Å². The Morgan fingerprint density at radius 3 is 2.94 bits per heavy atom. The summed E-state index contributed by atoms with van der Waals surface area (Å²) in [6, 6.07) is 8.61. The fourth-order valence-corrected chi connectivity index (χ4v) is 2.94. The molecule has 1 N–H and O–H groups in total. The standard InChI is InChI=1S/C16H22O2/c17-15(13-8-9-13)6-3-7-16-14-5-2-1-4-12(14)10-11-18-16/h1-2,4-5,13,15-17H,3,6-11H2. The monoisotopic (exact) mass is 246 g/mol. The molecule has 1 aliphatic carbocycles. The van der Waals surface area contributed by atoms with Gasteiger partial charge in [0.1, 0.15) is 0 Å². The summed E-state index contributed by atoms with van der Waals surface area (Å²) in [4.78, 5) is 0. The summed E-state index contributed by atoms with van der Waals surface area (Å²) in [5.41, 5.74) is 2.81. The van der Waals surface area contributed by atoms with Gasteiger partial charge in [0, 0.05) is 0 Å². The zero-order valence-corrected chi connectivity index (χ0v) is 10.8. The van der Waals surface area contributed by atoms with Crippen molar-refractivity contribution in [3.63, 3.8) is 0 Å². The zero-order valence-electron chi connectivity index (χ0n) is 10.8. The Balaban J connectivity index is 1.53. The molecule has 3 rings (SSSR count). The van der Waals surface area contributed by atoms with Crippen LogP contribution >= 0.6 is 0 Å². The number of aliphatic hydroxyl groups is 1. The van der Waals surface area contributed by atoms with E-state index in [1.54, 1.807) is 0 Å². The highest BCUT2D eigenvalue weighted by atomic mass is 16.5. The molecule has 1 aromatic carbocycles. The van der Waals surface area contributed by atoms with Crippen LogP contribution in [0.3, 0.4) is 0 Å². The SMILES string of the molecule is OC(CCCC1OCCc2ccccc21)C1CC1. The highest BCUT2D eigenvalue weighted by molar-refractivity contribution is 5.30. The molecule has 0 radical (unpaired) electrons. The molecule has 1 fully saturated rings. The maximum absolute atomic E-state index is 9.87. The van der Waals surface area contributed by atoms with Gasteiger partial charge in [0.2, 0.25) is 0 Å². The molecular formula is C16H22O2. The number of hydrogen-bond acceptors (Lipinski definition) is 2. The molecule has 1 aromatic rings. The van der Waals surface area contributed by atoms with E-state index in [2.05, 4.69) is 24.3 Å². The van der Waals surface area contributed by atoms with E-state index >= 15 is 0 Å². The van der Waals surface area contributed by atoms with Crippen LogP contribution in [0.2, 0.25) is 0 Å². The van der Waals surface area contributed by atoms with Crippen molar-refractivity contribution >= 4 is 0 Å². The lowest BCUT2D eigenvalue weighted by molar-refractivity contribution is 0.0313. The molecular weight excluding hydrogens is 224 g/mol. The second-order valence-electron chi connectivity index (χ2n) is 5.64. The van der Waals surface area contributed by atoms with E-state index in [9.17, 15) is 5.11 Å². The Labute approximate surface area is 109 Å². The first-order valence-electron chi connectivity index (χ1n) is 7.22. The minimum absolute atomic E-state index is 0.0659. The largest absolute Gasteiger partial charge is 0.393 e. The predicted molar refractivity (Wildman–Crippen MR) is 71.4 cm³/mol. The van der Waals surface area contributed by atoms with Gasteiger partial charge in [-0.2, -0.15) is 0 Å². The van der Waals surface area contributed by atoms with Crippen LogP contribution in [0.5, 0.6) is 0 Å². The topological polar surface area (TPSA) is 29.5 Å². The van der Waals surface area contributed by atoms with E-state index in [0.717, 1.165) is 32.3 Å². The van der Waals surface area contributed by atoms with Crippen LogP contribution in [0.25, 0.3) is 0 Å². The summed E-state index contributed by atoms with van der Waals surface area (Å²) in [7, 11) is 0. The first-order chi connectivity index (χ1) is 8.84. The van der Waals surface area contributed by atoms with Crippen LogP contribution in [0.4, 0.5) is 0 Å². The maximum Gasteiger partial charge on any atom is 0.0827 e. The fourth-order valence-electron chi connectivity index (χ4n) is 2.94. The minimum Gasteiger partial charge on any atom is -0.393 e. The number of hydrogen-bond donors (Lipinski definition) is 1. The number of benzene rings is 1. The van der Waals surface area contributed by atoms with Gasteiger partial charge in [-0.05, 0) is 55.6 Å². The van der Waals surface area contributed by atoms with Gasteiger partial charge in [0.05, 0.1) is 18.8 Å². The lowest BCUT2D eigenvalue weighted by Gasteiger charge is -2.26. The Morgan fingerprint density at radius 1 is 1.28 bits per heavy atom. The summed E-state index contributed by atoms with van der Waals surface area (Å²) in [5.74, 6) is 0.601. The van der Waals surface area contributed by atoms with Crippen LogP contribution in [0.1, 0.15) is 49.3 Å². The Bertz CT molecular complexity index is 398. The van der Waals surface area contributed by atoms with Crippen molar-refractivity contribution < 1.29 is 9.84 Å². The lowest BCUT2D eigenvalue weighted by Crippen LogP contribution is -2.17. The highest BCUT2D eigenvalue weighted by Crippen LogP contribution is 2.36. The molecule has 0 aromatic heterocycles. The zero-order chi connectivity index (χ0) is 12.4. The first kappa shape index (κ1) is 12.2.